The Morgan fingerprint density at radius 2 is 2.09 bits per heavy atom. The van der Waals surface area contributed by atoms with Gasteiger partial charge in [0, 0.05) is 24.7 Å². The first-order chi connectivity index (χ1) is 15.7. The van der Waals surface area contributed by atoms with Crippen LogP contribution in [0.5, 0.6) is 0 Å². The molecule has 0 saturated carbocycles. The fourth-order valence-electron chi connectivity index (χ4n) is 3.71. The van der Waals surface area contributed by atoms with Crippen molar-refractivity contribution in [2.45, 2.75) is 59.4 Å². The summed E-state index contributed by atoms with van der Waals surface area (Å²) in [5.41, 5.74) is 2.98. The summed E-state index contributed by atoms with van der Waals surface area (Å²) >= 11 is 0. The summed E-state index contributed by atoms with van der Waals surface area (Å²) in [7, 11) is 0. The van der Waals surface area contributed by atoms with E-state index >= 15 is 0 Å². The minimum atomic E-state index is -0.615. The standard InChI is InChI=1S/C24H31N5O4/c1-15(2)9-10-19-12-21(23-27-26-16(3)32-23)28-29(19)18-8-6-7-17(11-18)22(30)25-13-20-14-31-24(4,5)33-20/h6-8,11-12,15,20H,9-10,13-14H2,1-5H3,(H,25,30)/t20-/m0/s1. The number of carbonyl (C=O) groups excluding carboxylic acids is 1. The van der Waals surface area contributed by atoms with Gasteiger partial charge in [0.15, 0.2) is 5.79 Å². The zero-order valence-electron chi connectivity index (χ0n) is 19.8. The Labute approximate surface area is 193 Å². The molecular formula is C24H31N5O4. The van der Waals surface area contributed by atoms with E-state index in [1.165, 1.54) is 0 Å². The fourth-order valence-corrected chi connectivity index (χ4v) is 3.71. The Hall–Kier alpha value is -3.04. The van der Waals surface area contributed by atoms with Gasteiger partial charge in [-0.3, -0.25) is 4.79 Å². The van der Waals surface area contributed by atoms with Gasteiger partial charge < -0.3 is 19.2 Å². The lowest BCUT2D eigenvalue weighted by Crippen LogP contribution is -2.34. The van der Waals surface area contributed by atoms with Crippen molar-refractivity contribution in [2.24, 2.45) is 5.92 Å². The number of amides is 1. The third-order valence-corrected chi connectivity index (χ3v) is 5.42. The summed E-state index contributed by atoms with van der Waals surface area (Å²) < 4.78 is 18.7. The number of nitrogens with one attached hydrogen (secondary N) is 1. The Morgan fingerprint density at radius 3 is 2.76 bits per heavy atom. The van der Waals surface area contributed by atoms with Crippen LogP contribution in [0.15, 0.2) is 34.7 Å². The molecule has 33 heavy (non-hydrogen) atoms. The van der Waals surface area contributed by atoms with Gasteiger partial charge in [0.2, 0.25) is 5.89 Å². The molecule has 2 aromatic heterocycles. The van der Waals surface area contributed by atoms with Crippen molar-refractivity contribution in [3.8, 4) is 17.3 Å². The lowest BCUT2D eigenvalue weighted by atomic mass is 10.1. The molecule has 3 heterocycles. The highest BCUT2D eigenvalue weighted by Crippen LogP contribution is 2.24. The van der Waals surface area contributed by atoms with E-state index in [-0.39, 0.29) is 12.0 Å². The van der Waals surface area contributed by atoms with Crippen LogP contribution in [0.3, 0.4) is 0 Å². The average Bonchev–Trinajstić information content (AvgIpc) is 3.48. The number of benzene rings is 1. The van der Waals surface area contributed by atoms with E-state index in [1.54, 1.807) is 13.0 Å². The van der Waals surface area contributed by atoms with Crippen LogP contribution in [0, 0.1) is 12.8 Å². The third kappa shape index (κ3) is 5.66. The molecule has 1 aliphatic rings. The summed E-state index contributed by atoms with van der Waals surface area (Å²) in [5.74, 6) is 0.630. The van der Waals surface area contributed by atoms with E-state index < -0.39 is 5.79 Å². The van der Waals surface area contributed by atoms with Crippen LogP contribution in [-0.2, 0) is 15.9 Å². The van der Waals surface area contributed by atoms with E-state index in [4.69, 9.17) is 19.0 Å². The van der Waals surface area contributed by atoms with Gasteiger partial charge in [0.1, 0.15) is 11.8 Å². The van der Waals surface area contributed by atoms with Gasteiger partial charge in [-0.2, -0.15) is 5.10 Å². The summed E-state index contributed by atoms with van der Waals surface area (Å²) in [6.45, 7) is 10.7. The topological polar surface area (TPSA) is 104 Å². The van der Waals surface area contributed by atoms with Gasteiger partial charge in [0.25, 0.3) is 11.8 Å². The molecule has 1 aromatic carbocycles. The molecule has 9 heteroatoms. The highest BCUT2D eigenvalue weighted by Gasteiger charge is 2.32. The highest BCUT2D eigenvalue weighted by molar-refractivity contribution is 5.94. The van der Waals surface area contributed by atoms with Crippen molar-refractivity contribution < 1.29 is 18.7 Å². The first kappa shape index (κ1) is 23.1. The molecular weight excluding hydrogens is 422 g/mol. The third-order valence-electron chi connectivity index (χ3n) is 5.42. The van der Waals surface area contributed by atoms with Gasteiger partial charge >= 0.3 is 0 Å². The minimum absolute atomic E-state index is 0.165. The normalized spacial score (nSPS) is 17.6. The molecule has 3 aromatic rings. The van der Waals surface area contributed by atoms with Crippen LogP contribution in [-0.4, -0.2) is 50.9 Å². The molecule has 9 nitrogen and oxygen atoms in total. The summed E-state index contributed by atoms with van der Waals surface area (Å²) in [5, 5.41) is 15.7. The summed E-state index contributed by atoms with van der Waals surface area (Å²) in [4.78, 5) is 12.8. The number of aromatic nitrogens is 4. The molecule has 0 bridgehead atoms. The first-order valence-corrected chi connectivity index (χ1v) is 11.3. The Balaban J connectivity index is 1.55. The number of rotatable bonds is 8. The van der Waals surface area contributed by atoms with E-state index in [1.807, 2.05) is 42.8 Å². The lowest BCUT2D eigenvalue weighted by molar-refractivity contribution is -0.137. The second-order valence-corrected chi connectivity index (χ2v) is 9.20. The van der Waals surface area contributed by atoms with Crippen molar-refractivity contribution in [1.29, 1.82) is 0 Å². The van der Waals surface area contributed by atoms with Gasteiger partial charge in [-0.1, -0.05) is 19.9 Å². The highest BCUT2D eigenvalue weighted by atomic mass is 16.7. The van der Waals surface area contributed by atoms with Crippen LogP contribution in [0.1, 0.15) is 56.1 Å². The van der Waals surface area contributed by atoms with Crippen molar-refractivity contribution >= 4 is 5.91 Å². The van der Waals surface area contributed by atoms with Gasteiger partial charge in [0.05, 0.1) is 12.3 Å². The first-order valence-electron chi connectivity index (χ1n) is 11.3. The fraction of sp³-hybridized carbons (Fsp3) is 0.500. The predicted octanol–water partition coefficient (Wildman–Crippen LogP) is 3.70. The van der Waals surface area contributed by atoms with E-state index in [0.717, 1.165) is 24.2 Å². The molecule has 0 spiro atoms. The van der Waals surface area contributed by atoms with Crippen LogP contribution in [0.2, 0.25) is 0 Å². The molecule has 0 aliphatic carbocycles. The summed E-state index contributed by atoms with van der Waals surface area (Å²) in [6, 6.07) is 9.38. The number of carbonyl (C=O) groups is 1. The average molecular weight is 454 g/mol. The van der Waals surface area contributed by atoms with Crippen molar-refractivity contribution in [3.05, 3.63) is 47.5 Å². The monoisotopic (exact) mass is 453 g/mol. The zero-order chi connectivity index (χ0) is 23.6. The van der Waals surface area contributed by atoms with Crippen molar-refractivity contribution in [3.63, 3.8) is 0 Å². The van der Waals surface area contributed by atoms with E-state index in [9.17, 15) is 4.79 Å². The number of nitrogens with zero attached hydrogens (tertiary/aromatic N) is 4. The van der Waals surface area contributed by atoms with Crippen LogP contribution in [0.25, 0.3) is 17.3 Å². The molecule has 4 rings (SSSR count). The Morgan fingerprint density at radius 1 is 1.27 bits per heavy atom. The van der Waals surface area contributed by atoms with Gasteiger partial charge in [-0.05, 0) is 56.9 Å². The minimum Gasteiger partial charge on any atom is -0.420 e. The maximum Gasteiger partial charge on any atom is 0.268 e. The number of hydrogen-bond donors (Lipinski definition) is 1. The SMILES string of the molecule is Cc1nnc(-c2cc(CCC(C)C)n(-c3cccc(C(=O)NC[C@H]4COC(C)(C)O4)c3)n2)o1. The molecule has 1 N–H and O–H groups in total. The van der Waals surface area contributed by atoms with Crippen LogP contribution in [0.4, 0.5) is 0 Å². The zero-order valence-corrected chi connectivity index (χ0v) is 19.8. The number of aryl methyl sites for hydroxylation is 2. The molecule has 1 saturated heterocycles. The molecule has 1 amide bonds. The van der Waals surface area contributed by atoms with Crippen LogP contribution >= 0.6 is 0 Å². The number of hydrogen-bond acceptors (Lipinski definition) is 7. The van der Waals surface area contributed by atoms with Crippen molar-refractivity contribution in [1.82, 2.24) is 25.3 Å². The molecule has 1 atom stereocenters. The summed E-state index contributed by atoms with van der Waals surface area (Å²) in [6.07, 6.45) is 1.68. The van der Waals surface area contributed by atoms with Crippen LogP contribution < -0.4 is 5.32 Å². The smallest absolute Gasteiger partial charge is 0.268 e. The lowest BCUT2D eigenvalue weighted by Gasteiger charge is -2.17. The second kappa shape index (κ2) is 9.44. The van der Waals surface area contributed by atoms with Gasteiger partial charge in [-0.15, -0.1) is 10.2 Å². The molecule has 1 aliphatic heterocycles. The maximum absolute atomic E-state index is 12.8. The predicted molar refractivity (Wildman–Crippen MR) is 122 cm³/mol. The van der Waals surface area contributed by atoms with E-state index in [0.29, 0.717) is 42.1 Å². The largest absolute Gasteiger partial charge is 0.420 e. The second-order valence-electron chi connectivity index (χ2n) is 9.20. The van der Waals surface area contributed by atoms with E-state index in [2.05, 4.69) is 29.4 Å². The maximum atomic E-state index is 12.8. The quantitative estimate of drug-likeness (QED) is 0.554. The molecule has 176 valence electrons. The Bertz CT molecular complexity index is 1120. The molecule has 0 unspecified atom stereocenters. The van der Waals surface area contributed by atoms with Gasteiger partial charge in [-0.25, -0.2) is 4.68 Å². The Kier molecular flexibility index (Phi) is 6.62. The van der Waals surface area contributed by atoms with Crippen molar-refractivity contribution in [2.75, 3.05) is 13.2 Å². The molecule has 0 radical (unpaired) electrons. The molecule has 1 fully saturated rings. The number of ether oxygens (including phenoxy) is 2.